The molecule has 0 aliphatic carbocycles. The molecule has 0 radical (unpaired) electrons. The Hall–Kier alpha value is -1.94. The standard InChI is InChI=1S/C16H17FN2S/c1-3-19(13-7-5-12(17)6-8-13)15-10-11(2)4-9-14(15)16(18)20/h4-10H,3H2,1-2H3,(H2,18,20). The zero-order valence-electron chi connectivity index (χ0n) is 11.6. The maximum Gasteiger partial charge on any atom is 0.123 e. The van der Waals surface area contributed by atoms with Crippen molar-refractivity contribution in [3.8, 4) is 0 Å². The molecule has 2 nitrogen and oxygen atoms in total. The topological polar surface area (TPSA) is 29.3 Å². The molecule has 0 aliphatic heterocycles. The quantitative estimate of drug-likeness (QED) is 0.864. The van der Waals surface area contributed by atoms with Crippen LogP contribution in [0.3, 0.4) is 0 Å². The molecule has 0 spiro atoms. The van der Waals surface area contributed by atoms with Crippen LogP contribution in [-0.4, -0.2) is 11.5 Å². The fourth-order valence-corrected chi connectivity index (χ4v) is 2.36. The van der Waals surface area contributed by atoms with Gasteiger partial charge in [-0.2, -0.15) is 0 Å². The van der Waals surface area contributed by atoms with E-state index in [2.05, 4.69) is 4.90 Å². The molecule has 0 aromatic heterocycles. The van der Waals surface area contributed by atoms with Crippen molar-refractivity contribution >= 4 is 28.6 Å². The Bertz CT molecular complexity index is 623. The van der Waals surface area contributed by atoms with Crippen molar-refractivity contribution in [3.05, 3.63) is 59.4 Å². The van der Waals surface area contributed by atoms with Gasteiger partial charge in [-0.1, -0.05) is 18.3 Å². The lowest BCUT2D eigenvalue weighted by atomic mass is 10.1. The highest BCUT2D eigenvalue weighted by Crippen LogP contribution is 2.29. The molecule has 2 N–H and O–H groups in total. The van der Waals surface area contributed by atoms with Crippen LogP contribution in [0.2, 0.25) is 0 Å². The summed E-state index contributed by atoms with van der Waals surface area (Å²) in [5.41, 5.74) is 9.62. The van der Waals surface area contributed by atoms with Crippen LogP contribution >= 0.6 is 12.2 Å². The van der Waals surface area contributed by atoms with Gasteiger partial charge < -0.3 is 10.6 Å². The van der Waals surface area contributed by atoms with Crippen LogP contribution in [0.1, 0.15) is 18.1 Å². The highest BCUT2D eigenvalue weighted by Gasteiger charge is 2.13. The first-order chi connectivity index (χ1) is 9.52. The van der Waals surface area contributed by atoms with Crippen LogP contribution in [0.25, 0.3) is 0 Å². The van der Waals surface area contributed by atoms with Crippen molar-refractivity contribution in [3.63, 3.8) is 0 Å². The third-order valence-electron chi connectivity index (χ3n) is 3.16. The van der Waals surface area contributed by atoms with E-state index < -0.39 is 0 Å². The number of aryl methyl sites for hydroxylation is 1. The highest BCUT2D eigenvalue weighted by molar-refractivity contribution is 7.80. The minimum atomic E-state index is -0.247. The minimum absolute atomic E-state index is 0.247. The molecule has 0 fully saturated rings. The Morgan fingerprint density at radius 1 is 1.20 bits per heavy atom. The number of hydrogen-bond donors (Lipinski definition) is 1. The largest absolute Gasteiger partial charge is 0.389 e. The van der Waals surface area contributed by atoms with Gasteiger partial charge in [-0.3, -0.25) is 0 Å². The molecule has 20 heavy (non-hydrogen) atoms. The molecule has 0 unspecified atom stereocenters. The van der Waals surface area contributed by atoms with Gasteiger partial charge in [0.2, 0.25) is 0 Å². The van der Waals surface area contributed by atoms with Gasteiger partial charge in [0.1, 0.15) is 10.8 Å². The normalized spacial score (nSPS) is 10.3. The van der Waals surface area contributed by atoms with Crippen LogP contribution in [-0.2, 0) is 0 Å². The van der Waals surface area contributed by atoms with Crippen molar-refractivity contribution < 1.29 is 4.39 Å². The summed E-state index contributed by atoms with van der Waals surface area (Å²) in [6.07, 6.45) is 0. The van der Waals surface area contributed by atoms with Crippen molar-refractivity contribution in [2.24, 2.45) is 5.73 Å². The van der Waals surface area contributed by atoms with Crippen LogP contribution in [0.15, 0.2) is 42.5 Å². The number of anilines is 2. The molecule has 104 valence electrons. The second kappa shape index (κ2) is 6.01. The summed E-state index contributed by atoms with van der Waals surface area (Å²) >= 11 is 5.12. The third kappa shape index (κ3) is 2.96. The summed E-state index contributed by atoms with van der Waals surface area (Å²) in [7, 11) is 0. The summed E-state index contributed by atoms with van der Waals surface area (Å²) in [5.74, 6) is -0.247. The van der Waals surface area contributed by atoms with E-state index in [4.69, 9.17) is 18.0 Å². The first-order valence-electron chi connectivity index (χ1n) is 6.46. The van der Waals surface area contributed by atoms with Gasteiger partial charge in [-0.15, -0.1) is 0 Å². The molecular weight excluding hydrogens is 271 g/mol. The molecule has 0 saturated heterocycles. The number of thiocarbonyl (C=S) groups is 1. The van der Waals surface area contributed by atoms with E-state index in [-0.39, 0.29) is 5.82 Å². The number of halogens is 1. The van der Waals surface area contributed by atoms with Crippen LogP contribution in [0.4, 0.5) is 15.8 Å². The van der Waals surface area contributed by atoms with E-state index in [0.29, 0.717) is 4.99 Å². The first-order valence-corrected chi connectivity index (χ1v) is 6.87. The lowest BCUT2D eigenvalue weighted by molar-refractivity contribution is 0.628. The number of rotatable bonds is 4. The Balaban J connectivity index is 2.53. The van der Waals surface area contributed by atoms with Gasteiger partial charge in [0.15, 0.2) is 0 Å². The molecule has 0 atom stereocenters. The second-order valence-electron chi connectivity index (χ2n) is 4.61. The van der Waals surface area contributed by atoms with E-state index in [9.17, 15) is 4.39 Å². The Morgan fingerprint density at radius 3 is 2.40 bits per heavy atom. The summed E-state index contributed by atoms with van der Waals surface area (Å²) in [5, 5.41) is 0. The maximum absolute atomic E-state index is 13.1. The SMILES string of the molecule is CCN(c1ccc(F)cc1)c1cc(C)ccc1C(N)=S. The minimum Gasteiger partial charge on any atom is -0.389 e. The summed E-state index contributed by atoms with van der Waals surface area (Å²) < 4.78 is 13.1. The van der Waals surface area contributed by atoms with E-state index >= 15 is 0 Å². The average Bonchev–Trinajstić information content (AvgIpc) is 2.41. The molecule has 2 aromatic rings. The molecule has 4 heteroatoms. The van der Waals surface area contributed by atoms with E-state index in [1.807, 2.05) is 32.0 Å². The lowest BCUT2D eigenvalue weighted by Crippen LogP contribution is -2.21. The maximum atomic E-state index is 13.1. The van der Waals surface area contributed by atoms with Gasteiger partial charge in [-0.25, -0.2) is 4.39 Å². The monoisotopic (exact) mass is 288 g/mol. The Morgan fingerprint density at radius 2 is 1.85 bits per heavy atom. The van der Waals surface area contributed by atoms with E-state index in [0.717, 1.165) is 29.0 Å². The first kappa shape index (κ1) is 14.5. The number of nitrogens with two attached hydrogens (primary N) is 1. The van der Waals surface area contributed by atoms with Crippen molar-refractivity contribution in [1.82, 2.24) is 0 Å². The fourth-order valence-electron chi connectivity index (χ4n) is 2.19. The number of benzene rings is 2. The third-order valence-corrected chi connectivity index (χ3v) is 3.38. The predicted molar refractivity (Wildman–Crippen MR) is 86.1 cm³/mol. The van der Waals surface area contributed by atoms with Gasteiger partial charge >= 0.3 is 0 Å². The summed E-state index contributed by atoms with van der Waals surface area (Å²) in [6, 6.07) is 12.4. The zero-order chi connectivity index (χ0) is 14.7. The van der Waals surface area contributed by atoms with Gasteiger partial charge in [0.25, 0.3) is 0 Å². The van der Waals surface area contributed by atoms with Crippen LogP contribution in [0, 0.1) is 12.7 Å². The van der Waals surface area contributed by atoms with Crippen molar-refractivity contribution in [2.75, 3.05) is 11.4 Å². The molecular formula is C16H17FN2S. The molecule has 2 aromatic carbocycles. The Labute approximate surface area is 124 Å². The molecule has 0 aliphatic rings. The van der Waals surface area contributed by atoms with Gasteiger partial charge in [-0.05, 0) is 55.8 Å². The molecule has 0 bridgehead atoms. The summed E-state index contributed by atoms with van der Waals surface area (Å²) in [6.45, 7) is 4.80. The van der Waals surface area contributed by atoms with Gasteiger partial charge in [0.05, 0.1) is 5.69 Å². The van der Waals surface area contributed by atoms with Crippen molar-refractivity contribution in [2.45, 2.75) is 13.8 Å². The molecule has 2 rings (SSSR count). The molecule has 0 heterocycles. The highest BCUT2D eigenvalue weighted by atomic mass is 32.1. The van der Waals surface area contributed by atoms with Crippen LogP contribution < -0.4 is 10.6 Å². The van der Waals surface area contributed by atoms with Gasteiger partial charge in [0, 0.05) is 17.8 Å². The molecule has 0 saturated carbocycles. The zero-order valence-corrected chi connectivity index (χ0v) is 12.4. The van der Waals surface area contributed by atoms with Crippen LogP contribution in [0.5, 0.6) is 0 Å². The number of nitrogens with zero attached hydrogens (tertiary/aromatic N) is 1. The van der Waals surface area contributed by atoms with E-state index in [1.165, 1.54) is 12.1 Å². The lowest BCUT2D eigenvalue weighted by Gasteiger charge is -2.26. The number of hydrogen-bond acceptors (Lipinski definition) is 2. The smallest absolute Gasteiger partial charge is 0.123 e. The summed E-state index contributed by atoms with van der Waals surface area (Å²) in [4.78, 5) is 2.43. The fraction of sp³-hybridized carbons (Fsp3) is 0.188. The van der Waals surface area contributed by atoms with Crippen molar-refractivity contribution in [1.29, 1.82) is 0 Å². The molecule has 0 amide bonds. The average molecular weight is 288 g/mol. The second-order valence-corrected chi connectivity index (χ2v) is 5.05. The van der Waals surface area contributed by atoms with E-state index in [1.54, 1.807) is 12.1 Å². The predicted octanol–water partition coefficient (Wildman–Crippen LogP) is 3.93. The Kier molecular flexibility index (Phi) is 4.35.